The number of hydrogen-bond donors (Lipinski definition) is 0. The first-order chi connectivity index (χ1) is 6.51. The zero-order valence-electron chi connectivity index (χ0n) is 10.3. The third-order valence-electron chi connectivity index (χ3n) is 2.83. The van der Waals surface area contributed by atoms with Gasteiger partial charge in [-0.2, -0.15) is 0 Å². The van der Waals surface area contributed by atoms with Crippen molar-refractivity contribution in [2.45, 2.75) is 34.1 Å². The predicted molar refractivity (Wildman–Crippen MR) is 62.6 cm³/mol. The van der Waals surface area contributed by atoms with Crippen molar-refractivity contribution in [3.05, 3.63) is 0 Å². The second-order valence-electron chi connectivity index (χ2n) is 5.62. The molecular formula is C12H26N2. The monoisotopic (exact) mass is 198 g/mol. The molecule has 0 aliphatic carbocycles. The largest absolute Gasteiger partial charge is 0.302 e. The summed E-state index contributed by atoms with van der Waals surface area (Å²) in [6.07, 6.45) is 1.34. The van der Waals surface area contributed by atoms with Crippen molar-refractivity contribution < 1.29 is 0 Å². The third-order valence-corrected chi connectivity index (χ3v) is 2.83. The molecule has 0 atom stereocenters. The molecule has 0 aromatic carbocycles. The summed E-state index contributed by atoms with van der Waals surface area (Å²) in [7, 11) is 0. The van der Waals surface area contributed by atoms with E-state index >= 15 is 0 Å². The molecule has 0 spiro atoms. The predicted octanol–water partition coefficient (Wildman–Crippen LogP) is 2.06. The SMILES string of the molecule is CCN1CCCN(CC(C)(C)C)CC1. The van der Waals surface area contributed by atoms with Crippen LogP contribution in [0.25, 0.3) is 0 Å². The highest BCUT2D eigenvalue weighted by atomic mass is 15.2. The Morgan fingerprint density at radius 1 is 0.929 bits per heavy atom. The van der Waals surface area contributed by atoms with E-state index < -0.39 is 0 Å². The molecule has 0 N–H and O–H groups in total. The fraction of sp³-hybridized carbons (Fsp3) is 1.00. The van der Waals surface area contributed by atoms with Gasteiger partial charge >= 0.3 is 0 Å². The van der Waals surface area contributed by atoms with Crippen LogP contribution in [-0.2, 0) is 0 Å². The summed E-state index contributed by atoms with van der Waals surface area (Å²) in [6.45, 7) is 16.8. The topological polar surface area (TPSA) is 6.48 Å². The summed E-state index contributed by atoms with van der Waals surface area (Å²) in [6, 6.07) is 0. The first-order valence-corrected chi connectivity index (χ1v) is 5.96. The van der Waals surface area contributed by atoms with Crippen molar-refractivity contribution in [3.8, 4) is 0 Å². The van der Waals surface area contributed by atoms with Crippen molar-refractivity contribution in [1.82, 2.24) is 9.80 Å². The van der Waals surface area contributed by atoms with Crippen molar-refractivity contribution in [2.75, 3.05) is 39.3 Å². The first kappa shape index (κ1) is 12.0. The highest BCUT2D eigenvalue weighted by Gasteiger charge is 2.18. The highest BCUT2D eigenvalue weighted by molar-refractivity contribution is 4.73. The summed E-state index contributed by atoms with van der Waals surface area (Å²) in [5.74, 6) is 0. The molecule has 1 fully saturated rings. The minimum absolute atomic E-state index is 0.446. The van der Waals surface area contributed by atoms with E-state index in [2.05, 4.69) is 37.5 Å². The lowest BCUT2D eigenvalue weighted by molar-refractivity contribution is 0.194. The molecule has 0 aromatic rings. The van der Waals surface area contributed by atoms with E-state index in [-0.39, 0.29) is 0 Å². The van der Waals surface area contributed by atoms with Crippen LogP contribution >= 0.6 is 0 Å². The van der Waals surface area contributed by atoms with Crippen LogP contribution in [0.3, 0.4) is 0 Å². The van der Waals surface area contributed by atoms with E-state index in [4.69, 9.17) is 0 Å². The fourth-order valence-corrected chi connectivity index (χ4v) is 2.17. The Morgan fingerprint density at radius 2 is 1.50 bits per heavy atom. The van der Waals surface area contributed by atoms with Crippen LogP contribution in [0.15, 0.2) is 0 Å². The van der Waals surface area contributed by atoms with Gasteiger partial charge in [0.25, 0.3) is 0 Å². The molecule has 1 aliphatic heterocycles. The van der Waals surface area contributed by atoms with Crippen molar-refractivity contribution in [1.29, 1.82) is 0 Å². The highest BCUT2D eigenvalue weighted by Crippen LogP contribution is 2.16. The molecule has 0 amide bonds. The Bertz CT molecular complexity index is 160. The average Bonchev–Trinajstić information content (AvgIpc) is 2.27. The molecule has 1 heterocycles. The first-order valence-electron chi connectivity index (χ1n) is 5.96. The van der Waals surface area contributed by atoms with Gasteiger partial charge in [0.1, 0.15) is 0 Å². The smallest absolute Gasteiger partial charge is 0.0110 e. The molecule has 2 heteroatoms. The number of rotatable bonds is 2. The van der Waals surface area contributed by atoms with Crippen LogP contribution in [0.5, 0.6) is 0 Å². The van der Waals surface area contributed by atoms with Crippen LogP contribution in [0.4, 0.5) is 0 Å². The lowest BCUT2D eigenvalue weighted by Gasteiger charge is -2.28. The molecular weight excluding hydrogens is 172 g/mol. The molecule has 0 radical (unpaired) electrons. The summed E-state index contributed by atoms with van der Waals surface area (Å²) in [5.41, 5.74) is 0.446. The van der Waals surface area contributed by atoms with Gasteiger partial charge in [-0.05, 0) is 31.5 Å². The van der Waals surface area contributed by atoms with Gasteiger partial charge in [-0.25, -0.2) is 0 Å². The lowest BCUT2D eigenvalue weighted by atomic mass is 9.96. The molecule has 1 aliphatic rings. The molecule has 1 saturated heterocycles. The Hall–Kier alpha value is -0.0800. The van der Waals surface area contributed by atoms with Crippen molar-refractivity contribution in [2.24, 2.45) is 5.41 Å². The molecule has 0 unspecified atom stereocenters. The maximum Gasteiger partial charge on any atom is 0.0110 e. The second kappa shape index (κ2) is 5.13. The standard InChI is InChI=1S/C12H26N2/c1-5-13-7-6-8-14(10-9-13)11-12(2,3)4/h5-11H2,1-4H3. The molecule has 0 saturated carbocycles. The molecule has 1 rings (SSSR count). The average molecular weight is 198 g/mol. The van der Waals surface area contributed by atoms with Gasteiger partial charge in [-0.15, -0.1) is 0 Å². The van der Waals surface area contributed by atoms with Crippen molar-refractivity contribution >= 4 is 0 Å². The summed E-state index contributed by atoms with van der Waals surface area (Å²) in [4.78, 5) is 5.18. The molecule has 14 heavy (non-hydrogen) atoms. The Kier molecular flexibility index (Phi) is 4.39. The van der Waals surface area contributed by atoms with E-state index in [1.54, 1.807) is 0 Å². The van der Waals surface area contributed by atoms with E-state index in [1.165, 1.54) is 45.7 Å². The zero-order chi connectivity index (χ0) is 10.6. The third kappa shape index (κ3) is 4.43. The quantitative estimate of drug-likeness (QED) is 0.670. The number of likely N-dealkylation sites (N-methyl/N-ethyl adjacent to an activating group) is 1. The fourth-order valence-electron chi connectivity index (χ4n) is 2.17. The van der Waals surface area contributed by atoms with Gasteiger partial charge in [0, 0.05) is 19.6 Å². The van der Waals surface area contributed by atoms with Gasteiger partial charge in [0.2, 0.25) is 0 Å². The maximum atomic E-state index is 2.62. The molecule has 2 nitrogen and oxygen atoms in total. The zero-order valence-corrected chi connectivity index (χ0v) is 10.3. The Balaban J connectivity index is 2.34. The summed E-state index contributed by atoms with van der Waals surface area (Å²) >= 11 is 0. The van der Waals surface area contributed by atoms with Crippen LogP contribution in [0.2, 0.25) is 0 Å². The van der Waals surface area contributed by atoms with E-state index in [1.807, 2.05) is 0 Å². The normalized spacial score (nSPS) is 22.3. The summed E-state index contributed by atoms with van der Waals surface area (Å²) in [5, 5.41) is 0. The Morgan fingerprint density at radius 3 is 2.07 bits per heavy atom. The molecule has 84 valence electrons. The minimum Gasteiger partial charge on any atom is -0.302 e. The van der Waals surface area contributed by atoms with Crippen molar-refractivity contribution in [3.63, 3.8) is 0 Å². The molecule has 0 bridgehead atoms. The lowest BCUT2D eigenvalue weighted by Crippen LogP contribution is -2.36. The van der Waals surface area contributed by atoms with Crippen LogP contribution in [0.1, 0.15) is 34.1 Å². The van der Waals surface area contributed by atoms with Crippen LogP contribution in [0, 0.1) is 5.41 Å². The number of hydrogen-bond acceptors (Lipinski definition) is 2. The summed E-state index contributed by atoms with van der Waals surface area (Å²) < 4.78 is 0. The minimum atomic E-state index is 0.446. The van der Waals surface area contributed by atoms with Gasteiger partial charge in [-0.3, -0.25) is 0 Å². The number of nitrogens with zero attached hydrogens (tertiary/aromatic N) is 2. The van der Waals surface area contributed by atoms with E-state index in [0.717, 1.165) is 0 Å². The van der Waals surface area contributed by atoms with E-state index in [0.29, 0.717) is 5.41 Å². The Labute approximate surface area is 89.3 Å². The van der Waals surface area contributed by atoms with Gasteiger partial charge in [0.15, 0.2) is 0 Å². The van der Waals surface area contributed by atoms with Gasteiger partial charge in [-0.1, -0.05) is 27.7 Å². The van der Waals surface area contributed by atoms with Gasteiger partial charge in [0.05, 0.1) is 0 Å². The van der Waals surface area contributed by atoms with Gasteiger partial charge < -0.3 is 9.80 Å². The molecule has 0 aromatic heterocycles. The maximum absolute atomic E-state index is 2.62. The van der Waals surface area contributed by atoms with Crippen LogP contribution in [-0.4, -0.2) is 49.1 Å². The second-order valence-corrected chi connectivity index (χ2v) is 5.62. The van der Waals surface area contributed by atoms with E-state index in [9.17, 15) is 0 Å². The van der Waals surface area contributed by atoms with Crippen LogP contribution < -0.4 is 0 Å².